The molecule has 0 saturated carbocycles. The zero-order valence-corrected chi connectivity index (χ0v) is 16.6. The van der Waals surface area contributed by atoms with Gasteiger partial charge in [-0.1, -0.05) is 30.3 Å². The van der Waals surface area contributed by atoms with Gasteiger partial charge in [0.15, 0.2) is 5.78 Å². The van der Waals surface area contributed by atoms with E-state index < -0.39 is 12.1 Å². The van der Waals surface area contributed by atoms with Gasteiger partial charge in [0.2, 0.25) is 0 Å². The molecular formula is C22H20N2O6. The van der Waals surface area contributed by atoms with E-state index in [0.29, 0.717) is 34.5 Å². The Bertz CT molecular complexity index is 1140. The Kier molecular flexibility index (Phi) is 5.14. The normalized spacial score (nSPS) is 13.1. The van der Waals surface area contributed by atoms with Gasteiger partial charge >= 0.3 is 12.1 Å². The summed E-state index contributed by atoms with van der Waals surface area (Å²) in [5.41, 5.74) is 2.90. The van der Waals surface area contributed by atoms with Gasteiger partial charge in [-0.25, -0.2) is 9.59 Å². The summed E-state index contributed by atoms with van der Waals surface area (Å²) < 4.78 is 15.7. The van der Waals surface area contributed by atoms with Crippen LogP contribution in [0.4, 0.5) is 10.5 Å². The predicted octanol–water partition coefficient (Wildman–Crippen LogP) is 3.23. The van der Waals surface area contributed by atoms with E-state index in [0.717, 1.165) is 5.56 Å². The molecule has 0 bridgehead atoms. The summed E-state index contributed by atoms with van der Waals surface area (Å²) in [5.74, 6) is -0.222. The Morgan fingerprint density at radius 1 is 1.10 bits per heavy atom. The van der Waals surface area contributed by atoms with E-state index in [2.05, 4.69) is 4.98 Å². The van der Waals surface area contributed by atoms with Crippen LogP contribution >= 0.6 is 0 Å². The van der Waals surface area contributed by atoms with Crippen LogP contribution in [0.25, 0.3) is 10.9 Å². The van der Waals surface area contributed by atoms with Crippen LogP contribution in [0.5, 0.6) is 5.75 Å². The van der Waals surface area contributed by atoms with Crippen LogP contribution in [0, 0.1) is 0 Å². The number of Topliss-reactive ketones (excluding diaryl/α,β-unsaturated/α-hetero) is 1. The number of fused-ring (bicyclic) bond motifs is 3. The lowest BCUT2D eigenvalue weighted by molar-refractivity contribution is -0.117. The Morgan fingerprint density at radius 2 is 1.87 bits per heavy atom. The molecule has 0 spiro atoms. The quantitative estimate of drug-likeness (QED) is 0.666. The molecule has 4 rings (SSSR count). The number of ketones is 1. The molecule has 1 amide bonds. The first-order valence-electron chi connectivity index (χ1n) is 9.32. The number of ether oxygens (including phenoxy) is 3. The second kappa shape index (κ2) is 7.90. The highest BCUT2D eigenvalue weighted by atomic mass is 16.5. The maximum Gasteiger partial charge on any atom is 0.414 e. The van der Waals surface area contributed by atoms with Crippen LogP contribution in [-0.4, -0.2) is 43.6 Å². The third kappa shape index (κ3) is 3.47. The molecule has 8 nitrogen and oxygen atoms in total. The molecule has 2 aromatic carbocycles. The maximum absolute atomic E-state index is 12.3. The highest BCUT2D eigenvalue weighted by Gasteiger charge is 2.31. The zero-order valence-electron chi connectivity index (χ0n) is 16.6. The number of carbonyl (C=O) groups is 3. The smallest absolute Gasteiger partial charge is 0.414 e. The van der Waals surface area contributed by atoms with Gasteiger partial charge in [0, 0.05) is 17.9 Å². The number of nitrogens with one attached hydrogen (secondary N) is 1. The van der Waals surface area contributed by atoms with Crippen molar-refractivity contribution in [2.75, 3.05) is 25.7 Å². The average Bonchev–Trinajstić information content (AvgIpc) is 3.23. The molecule has 30 heavy (non-hydrogen) atoms. The summed E-state index contributed by atoms with van der Waals surface area (Å²) in [4.78, 5) is 41.0. The lowest BCUT2D eigenvalue weighted by atomic mass is 9.97. The summed E-state index contributed by atoms with van der Waals surface area (Å²) in [6, 6.07) is 12.9. The van der Waals surface area contributed by atoms with Crippen molar-refractivity contribution in [1.29, 1.82) is 0 Å². The van der Waals surface area contributed by atoms with Gasteiger partial charge in [-0.05, 0) is 17.2 Å². The van der Waals surface area contributed by atoms with Gasteiger partial charge in [0.05, 0.1) is 32.0 Å². The van der Waals surface area contributed by atoms with Crippen molar-refractivity contribution in [3.8, 4) is 5.75 Å². The number of anilines is 1. The molecule has 1 aliphatic heterocycles. The summed E-state index contributed by atoms with van der Waals surface area (Å²) in [5, 5.41) is 0.623. The second-order valence-electron chi connectivity index (χ2n) is 6.88. The molecule has 3 aromatic rings. The van der Waals surface area contributed by atoms with Crippen LogP contribution in [0.3, 0.4) is 0 Å². The van der Waals surface area contributed by atoms with Crippen molar-refractivity contribution in [2.45, 2.75) is 13.0 Å². The molecule has 1 aliphatic rings. The van der Waals surface area contributed by atoms with Gasteiger partial charge in [-0.3, -0.25) is 9.69 Å². The Hall–Kier alpha value is -3.81. The van der Waals surface area contributed by atoms with E-state index in [1.54, 1.807) is 12.1 Å². The summed E-state index contributed by atoms with van der Waals surface area (Å²) >= 11 is 0. The SMILES string of the molecule is COC(=O)c1cc2c3c(cc(OCc4ccccc4)c2[nH]1)N(C(=O)OC)CC(=O)C3. The number of esters is 1. The Morgan fingerprint density at radius 3 is 2.57 bits per heavy atom. The van der Waals surface area contributed by atoms with Crippen LogP contribution in [0.15, 0.2) is 42.5 Å². The first kappa shape index (κ1) is 19.5. The standard InChI is InChI=1S/C22H20N2O6/c1-28-21(26)17-9-16-15-8-14(25)11-24(22(27)29-2)18(15)10-19(20(16)23-17)30-12-13-6-4-3-5-7-13/h3-7,9-10,23H,8,11-12H2,1-2H3. The third-order valence-electron chi connectivity index (χ3n) is 5.00. The number of benzene rings is 2. The highest BCUT2D eigenvalue weighted by Crippen LogP contribution is 2.39. The van der Waals surface area contributed by atoms with Gasteiger partial charge in [-0.2, -0.15) is 0 Å². The fraction of sp³-hybridized carbons (Fsp3) is 0.227. The van der Waals surface area contributed by atoms with Crippen molar-refractivity contribution in [3.63, 3.8) is 0 Å². The Labute approximate surface area is 172 Å². The average molecular weight is 408 g/mol. The number of carbonyl (C=O) groups excluding carboxylic acids is 3. The highest BCUT2D eigenvalue weighted by molar-refractivity contribution is 6.08. The first-order chi connectivity index (χ1) is 14.5. The minimum atomic E-state index is -0.638. The van der Waals surface area contributed by atoms with Gasteiger partial charge in [-0.15, -0.1) is 0 Å². The number of rotatable bonds is 4. The molecule has 1 aromatic heterocycles. The van der Waals surface area contributed by atoms with E-state index in [4.69, 9.17) is 14.2 Å². The number of H-pyrrole nitrogens is 1. The largest absolute Gasteiger partial charge is 0.487 e. The molecule has 0 aliphatic carbocycles. The molecular weight excluding hydrogens is 388 g/mol. The number of aromatic nitrogens is 1. The Balaban J connectivity index is 1.86. The minimum absolute atomic E-state index is 0.0857. The summed E-state index contributed by atoms with van der Waals surface area (Å²) in [7, 11) is 2.55. The number of amides is 1. The number of hydrogen-bond acceptors (Lipinski definition) is 6. The number of hydrogen-bond donors (Lipinski definition) is 1. The second-order valence-corrected chi connectivity index (χ2v) is 6.88. The molecule has 0 saturated heterocycles. The number of nitrogens with zero attached hydrogens (tertiary/aromatic N) is 1. The van der Waals surface area contributed by atoms with Crippen molar-refractivity contribution < 1.29 is 28.6 Å². The predicted molar refractivity (Wildman–Crippen MR) is 109 cm³/mol. The first-order valence-corrected chi connectivity index (χ1v) is 9.32. The molecule has 0 atom stereocenters. The molecule has 0 radical (unpaired) electrons. The van der Waals surface area contributed by atoms with Crippen molar-refractivity contribution in [3.05, 3.63) is 59.3 Å². The molecule has 0 unspecified atom stereocenters. The molecule has 1 N–H and O–H groups in total. The van der Waals surface area contributed by atoms with Crippen LogP contribution in [0.1, 0.15) is 21.6 Å². The van der Waals surface area contributed by atoms with Gasteiger partial charge in [0.1, 0.15) is 18.1 Å². The van der Waals surface area contributed by atoms with E-state index >= 15 is 0 Å². The fourth-order valence-corrected chi connectivity index (χ4v) is 3.59. The topological polar surface area (TPSA) is 97.9 Å². The van der Waals surface area contributed by atoms with E-state index in [9.17, 15) is 14.4 Å². The lowest BCUT2D eigenvalue weighted by Gasteiger charge is -2.28. The van der Waals surface area contributed by atoms with E-state index in [1.807, 2.05) is 30.3 Å². The van der Waals surface area contributed by atoms with E-state index in [-0.39, 0.29) is 24.4 Å². The van der Waals surface area contributed by atoms with Crippen molar-refractivity contribution in [1.82, 2.24) is 4.98 Å². The van der Waals surface area contributed by atoms with Crippen molar-refractivity contribution in [2.24, 2.45) is 0 Å². The monoisotopic (exact) mass is 408 g/mol. The van der Waals surface area contributed by atoms with Gasteiger partial charge < -0.3 is 19.2 Å². The van der Waals surface area contributed by atoms with Crippen LogP contribution in [-0.2, 0) is 27.3 Å². The number of methoxy groups -OCH3 is 2. The molecule has 154 valence electrons. The summed E-state index contributed by atoms with van der Waals surface area (Å²) in [6.07, 6.45) is -0.502. The van der Waals surface area contributed by atoms with Crippen molar-refractivity contribution >= 4 is 34.4 Å². The molecule has 8 heteroatoms. The van der Waals surface area contributed by atoms with E-state index in [1.165, 1.54) is 19.1 Å². The van der Waals surface area contributed by atoms with Crippen LogP contribution in [0.2, 0.25) is 0 Å². The summed E-state index contributed by atoms with van der Waals surface area (Å²) in [6.45, 7) is 0.204. The lowest BCUT2D eigenvalue weighted by Crippen LogP contribution is -2.40. The maximum atomic E-state index is 12.3. The minimum Gasteiger partial charge on any atom is -0.487 e. The zero-order chi connectivity index (χ0) is 21.3. The molecule has 0 fully saturated rings. The fourth-order valence-electron chi connectivity index (χ4n) is 3.59. The van der Waals surface area contributed by atoms with Crippen LogP contribution < -0.4 is 9.64 Å². The number of aromatic amines is 1. The third-order valence-corrected chi connectivity index (χ3v) is 5.00. The van der Waals surface area contributed by atoms with Gasteiger partial charge in [0.25, 0.3) is 0 Å². The molecule has 2 heterocycles.